The Labute approximate surface area is 91.9 Å². The summed E-state index contributed by atoms with van der Waals surface area (Å²) >= 11 is 6.07. The minimum Gasteiger partial charge on any atom is -0.374 e. The smallest absolute Gasteiger partial charge is 0.100 e. The molecule has 0 aliphatic heterocycles. The van der Waals surface area contributed by atoms with E-state index in [1.807, 2.05) is 0 Å². The summed E-state index contributed by atoms with van der Waals surface area (Å²) < 4.78 is 11.5. The van der Waals surface area contributed by atoms with Gasteiger partial charge in [0.15, 0.2) is 0 Å². The quantitative estimate of drug-likeness (QED) is 0.679. The van der Waals surface area contributed by atoms with Crippen LogP contribution in [0.15, 0.2) is 0 Å². The number of halogens is 1. The van der Waals surface area contributed by atoms with E-state index in [0.717, 1.165) is 19.4 Å². The van der Waals surface area contributed by atoms with Crippen LogP contribution in [-0.4, -0.2) is 29.8 Å². The molecule has 0 aromatic carbocycles. The molecule has 0 saturated heterocycles. The largest absolute Gasteiger partial charge is 0.374 e. The van der Waals surface area contributed by atoms with E-state index in [2.05, 4.69) is 27.7 Å². The van der Waals surface area contributed by atoms with Gasteiger partial charge in [0, 0.05) is 6.61 Å². The summed E-state index contributed by atoms with van der Waals surface area (Å²) in [4.78, 5) is 0. The molecule has 1 fully saturated rings. The second kappa shape index (κ2) is 4.82. The van der Waals surface area contributed by atoms with Gasteiger partial charge in [-0.05, 0) is 33.6 Å². The molecule has 0 spiro atoms. The fourth-order valence-electron chi connectivity index (χ4n) is 1.56. The minimum absolute atomic E-state index is 0.0934. The maximum absolute atomic E-state index is 6.07. The standard InChI is InChI=1S/C11H21ClO2/c1-5-6-13-10-8(12)7-9(10)14-11(2,3)4/h8-10H,5-7H2,1-4H3. The first kappa shape index (κ1) is 12.3. The van der Waals surface area contributed by atoms with Gasteiger partial charge < -0.3 is 9.47 Å². The predicted molar refractivity (Wildman–Crippen MR) is 58.9 cm³/mol. The highest BCUT2D eigenvalue weighted by Gasteiger charge is 2.43. The average Bonchev–Trinajstić information content (AvgIpc) is 2.01. The van der Waals surface area contributed by atoms with Crippen molar-refractivity contribution in [2.75, 3.05) is 6.61 Å². The molecule has 0 radical (unpaired) electrons. The van der Waals surface area contributed by atoms with E-state index >= 15 is 0 Å². The molecule has 1 rings (SSSR count). The summed E-state index contributed by atoms with van der Waals surface area (Å²) in [7, 11) is 0. The zero-order valence-electron chi connectivity index (χ0n) is 9.55. The van der Waals surface area contributed by atoms with Gasteiger partial charge in [-0.3, -0.25) is 0 Å². The van der Waals surface area contributed by atoms with E-state index < -0.39 is 0 Å². The SMILES string of the molecule is CCCOC1C(Cl)CC1OC(C)(C)C. The Morgan fingerprint density at radius 2 is 2.00 bits per heavy atom. The zero-order valence-corrected chi connectivity index (χ0v) is 10.3. The summed E-state index contributed by atoms with van der Waals surface area (Å²) in [6, 6.07) is 0. The highest BCUT2D eigenvalue weighted by atomic mass is 35.5. The molecule has 14 heavy (non-hydrogen) atoms. The van der Waals surface area contributed by atoms with Gasteiger partial charge >= 0.3 is 0 Å². The molecule has 0 amide bonds. The van der Waals surface area contributed by atoms with Crippen LogP contribution in [0.1, 0.15) is 40.5 Å². The second-order valence-electron chi connectivity index (χ2n) is 4.86. The molecule has 0 aromatic heterocycles. The molecular formula is C11H21ClO2. The molecule has 2 nitrogen and oxygen atoms in total. The molecule has 1 saturated carbocycles. The Kier molecular flexibility index (Phi) is 4.23. The highest BCUT2D eigenvalue weighted by molar-refractivity contribution is 6.21. The van der Waals surface area contributed by atoms with Gasteiger partial charge in [0.05, 0.1) is 17.1 Å². The van der Waals surface area contributed by atoms with Crippen LogP contribution in [0, 0.1) is 0 Å². The van der Waals surface area contributed by atoms with Gasteiger partial charge in [-0.15, -0.1) is 11.6 Å². The number of rotatable bonds is 4. The lowest BCUT2D eigenvalue weighted by molar-refractivity contribution is -0.169. The predicted octanol–water partition coefficient (Wildman–Crippen LogP) is 2.98. The summed E-state index contributed by atoms with van der Waals surface area (Å²) in [6.45, 7) is 9.06. The van der Waals surface area contributed by atoms with Crippen molar-refractivity contribution in [1.82, 2.24) is 0 Å². The molecule has 3 atom stereocenters. The van der Waals surface area contributed by atoms with Crippen molar-refractivity contribution < 1.29 is 9.47 Å². The second-order valence-corrected chi connectivity index (χ2v) is 5.42. The minimum atomic E-state index is -0.102. The zero-order chi connectivity index (χ0) is 10.8. The van der Waals surface area contributed by atoms with Crippen molar-refractivity contribution in [2.24, 2.45) is 0 Å². The number of ether oxygens (including phenoxy) is 2. The van der Waals surface area contributed by atoms with Crippen molar-refractivity contribution in [2.45, 2.75) is 63.7 Å². The fraction of sp³-hybridized carbons (Fsp3) is 1.00. The topological polar surface area (TPSA) is 18.5 Å². The highest BCUT2D eigenvalue weighted by Crippen LogP contribution is 2.34. The van der Waals surface area contributed by atoms with Crippen molar-refractivity contribution >= 4 is 11.6 Å². The first-order valence-electron chi connectivity index (χ1n) is 5.37. The van der Waals surface area contributed by atoms with Crippen molar-refractivity contribution in [3.8, 4) is 0 Å². The first-order valence-corrected chi connectivity index (χ1v) is 5.81. The molecule has 1 aliphatic carbocycles. The third kappa shape index (κ3) is 3.41. The number of alkyl halides is 1. The van der Waals surface area contributed by atoms with Crippen LogP contribution in [0.25, 0.3) is 0 Å². The Balaban J connectivity index is 2.33. The third-order valence-electron chi connectivity index (χ3n) is 2.20. The van der Waals surface area contributed by atoms with E-state index in [4.69, 9.17) is 21.1 Å². The molecule has 1 aliphatic rings. The molecular weight excluding hydrogens is 200 g/mol. The van der Waals surface area contributed by atoms with Crippen LogP contribution in [0.5, 0.6) is 0 Å². The van der Waals surface area contributed by atoms with Gasteiger partial charge in [0.25, 0.3) is 0 Å². The summed E-state index contributed by atoms with van der Waals surface area (Å²) in [5.74, 6) is 0. The normalized spacial score (nSPS) is 32.8. The van der Waals surface area contributed by atoms with Crippen molar-refractivity contribution in [3.63, 3.8) is 0 Å². The monoisotopic (exact) mass is 220 g/mol. The van der Waals surface area contributed by atoms with Gasteiger partial charge in [-0.1, -0.05) is 6.92 Å². The molecule has 3 unspecified atom stereocenters. The molecule has 0 aromatic rings. The van der Waals surface area contributed by atoms with Crippen LogP contribution in [-0.2, 0) is 9.47 Å². The molecule has 3 heteroatoms. The average molecular weight is 221 g/mol. The summed E-state index contributed by atoms with van der Waals surface area (Å²) in [6.07, 6.45) is 2.22. The van der Waals surface area contributed by atoms with E-state index in [0.29, 0.717) is 0 Å². The van der Waals surface area contributed by atoms with Crippen LogP contribution in [0.2, 0.25) is 0 Å². The van der Waals surface area contributed by atoms with Crippen LogP contribution < -0.4 is 0 Å². The Morgan fingerprint density at radius 1 is 1.36 bits per heavy atom. The molecule has 84 valence electrons. The maximum Gasteiger partial charge on any atom is 0.100 e. The van der Waals surface area contributed by atoms with Crippen LogP contribution >= 0.6 is 11.6 Å². The number of hydrogen-bond donors (Lipinski definition) is 0. The van der Waals surface area contributed by atoms with Crippen molar-refractivity contribution in [3.05, 3.63) is 0 Å². The lowest BCUT2D eigenvalue weighted by Crippen LogP contribution is -2.53. The van der Waals surface area contributed by atoms with Gasteiger partial charge in [0.1, 0.15) is 6.10 Å². The molecule has 0 bridgehead atoms. The van der Waals surface area contributed by atoms with Gasteiger partial charge in [-0.25, -0.2) is 0 Å². The van der Waals surface area contributed by atoms with E-state index in [9.17, 15) is 0 Å². The summed E-state index contributed by atoms with van der Waals surface area (Å²) in [5, 5.41) is 0.133. The molecule has 0 N–H and O–H groups in total. The Bertz CT molecular complexity index is 177. The first-order chi connectivity index (χ1) is 6.44. The maximum atomic E-state index is 6.07. The van der Waals surface area contributed by atoms with E-state index in [-0.39, 0.29) is 23.2 Å². The fourth-order valence-corrected chi connectivity index (χ4v) is 1.97. The van der Waals surface area contributed by atoms with Gasteiger partial charge in [-0.2, -0.15) is 0 Å². The lowest BCUT2D eigenvalue weighted by Gasteiger charge is -2.43. The van der Waals surface area contributed by atoms with Crippen molar-refractivity contribution in [1.29, 1.82) is 0 Å². The number of hydrogen-bond acceptors (Lipinski definition) is 2. The van der Waals surface area contributed by atoms with Crippen LogP contribution in [0.4, 0.5) is 0 Å². The third-order valence-corrected chi connectivity index (χ3v) is 2.63. The lowest BCUT2D eigenvalue weighted by atomic mass is 9.90. The molecule has 0 heterocycles. The van der Waals surface area contributed by atoms with Crippen LogP contribution in [0.3, 0.4) is 0 Å². The summed E-state index contributed by atoms with van der Waals surface area (Å²) in [5.41, 5.74) is -0.102. The Hall–Kier alpha value is 0.210. The van der Waals surface area contributed by atoms with E-state index in [1.54, 1.807) is 0 Å². The Morgan fingerprint density at radius 3 is 2.43 bits per heavy atom. The van der Waals surface area contributed by atoms with E-state index in [1.165, 1.54) is 0 Å². The van der Waals surface area contributed by atoms with Gasteiger partial charge in [0.2, 0.25) is 0 Å².